The largest absolute Gasteiger partial charge is 0.493 e. The SMILES string of the molecule is COc1ccc(CN2CCN(C(=O)c3ccc(S(=O)(=O)c4cccc(Cl)c4)c([N+](=O)[O-])c3)CC2)c(OC)c1OC. The van der Waals surface area contributed by atoms with E-state index in [1.165, 1.54) is 37.4 Å². The Morgan fingerprint density at radius 3 is 2.25 bits per heavy atom. The summed E-state index contributed by atoms with van der Waals surface area (Å²) in [5.74, 6) is 1.20. The van der Waals surface area contributed by atoms with Crippen molar-refractivity contribution in [2.75, 3.05) is 47.5 Å². The second-order valence-corrected chi connectivity index (χ2v) is 11.3. The van der Waals surface area contributed by atoms with Gasteiger partial charge in [-0.2, -0.15) is 0 Å². The molecule has 212 valence electrons. The number of sulfone groups is 1. The number of hydrogen-bond donors (Lipinski definition) is 0. The molecule has 0 spiro atoms. The van der Waals surface area contributed by atoms with E-state index in [1.807, 2.05) is 6.07 Å². The summed E-state index contributed by atoms with van der Waals surface area (Å²) in [5, 5.41) is 12.0. The average molecular weight is 590 g/mol. The van der Waals surface area contributed by atoms with E-state index < -0.39 is 31.3 Å². The van der Waals surface area contributed by atoms with Crippen LogP contribution in [-0.4, -0.2) is 76.6 Å². The lowest BCUT2D eigenvalue weighted by atomic mass is 10.1. The molecule has 1 aliphatic heterocycles. The van der Waals surface area contributed by atoms with Crippen LogP contribution in [0.4, 0.5) is 5.69 Å². The zero-order valence-electron chi connectivity index (χ0n) is 22.1. The fraction of sp³-hybridized carbons (Fsp3) is 0.296. The maximum atomic E-state index is 13.2. The van der Waals surface area contributed by atoms with Gasteiger partial charge in [-0.15, -0.1) is 0 Å². The third-order valence-corrected chi connectivity index (χ3v) is 8.67. The van der Waals surface area contributed by atoms with Gasteiger partial charge >= 0.3 is 0 Å². The van der Waals surface area contributed by atoms with Crippen molar-refractivity contribution in [1.29, 1.82) is 0 Å². The van der Waals surface area contributed by atoms with Crippen molar-refractivity contribution in [2.45, 2.75) is 16.3 Å². The number of hydrogen-bond acceptors (Lipinski definition) is 9. The van der Waals surface area contributed by atoms with E-state index in [2.05, 4.69) is 4.90 Å². The van der Waals surface area contributed by atoms with E-state index in [-0.39, 0.29) is 15.5 Å². The maximum absolute atomic E-state index is 13.2. The quantitative estimate of drug-likeness (QED) is 0.268. The molecular weight excluding hydrogens is 562 g/mol. The van der Waals surface area contributed by atoms with Crippen LogP contribution in [-0.2, 0) is 16.4 Å². The molecule has 4 rings (SSSR count). The van der Waals surface area contributed by atoms with Gasteiger partial charge in [0, 0.05) is 54.9 Å². The van der Waals surface area contributed by atoms with Gasteiger partial charge in [0.15, 0.2) is 11.5 Å². The highest BCUT2D eigenvalue weighted by Gasteiger charge is 2.31. The second kappa shape index (κ2) is 12.1. The highest BCUT2D eigenvalue weighted by atomic mass is 35.5. The Labute approximate surface area is 236 Å². The first-order valence-corrected chi connectivity index (χ1v) is 14.1. The van der Waals surface area contributed by atoms with Gasteiger partial charge in [0.25, 0.3) is 11.6 Å². The van der Waals surface area contributed by atoms with Gasteiger partial charge in [0.1, 0.15) is 4.90 Å². The standard InChI is InChI=1S/C27H28ClN3O8S/c1-37-23-9-7-19(25(38-2)26(23)39-3)17-29-11-13-30(14-12-29)27(32)18-8-10-24(22(15-18)31(33)34)40(35,36)21-6-4-5-20(28)16-21/h4-10,15-16H,11-14,17H2,1-3H3. The van der Waals surface area contributed by atoms with Crippen LogP contribution in [0.1, 0.15) is 15.9 Å². The minimum absolute atomic E-state index is 0.0340. The van der Waals surface area contributed by atoms with Crippen LogP contribution in [0.5, 0.6) is 17.2 Å². The highest BCUT2D eigenvalue weighted by Crippen LogP contribution is 2.40. The second-order valence-electron chi connectivity index (χ2n) is 8.96. The maximum Gasteiger partial charge on any atom is 0.289 e. The number of benzene rings is 3. The number of ether oxygens (including phenoxy) is 3. The Hall–Kier alpha value is -3.87. The van der Waals surface area contributed by atoms with Gasteiger partial charge in [-0.25, -0.2) is 8.42 Å². The minimum Gasteiger partial charge on any atom is -0.493 e. The van der Waals surface area contributed by atoms with E-state index in [0.29, 0.717) is 50.0 Å². The van der Waals surface area contributed by atoms with Crippen LogP contribution in [0.3, 0.4) is 0 Å². The lowest BCUT2D eigenvalue weighted by Crippen LogP contribution is -2.48. The van der Waals surface area contributed by atoms with Gasteiger partial charge in [-0.05, 0) is 36.4 Å². The van der Waals surface area contributed by atoms with Crippen molar-refractivity contribution in [3.8, 4) is 17.2 Å². The molecule has 0 radical (unpaired) electrons. The van der Waals surface area contributed by atoms with E-state index in [4.69, 9.17) is 25.8 Å². The number of nitrogens with zero attached hydrogens (tertiary/aromatic N) is 3. The van der Waals surface area contributed by atoms with Crippen molar-refractivity contribution in [3.63, 3.8) is 0 Å². The third-order valence-electron chi connectivity index (χ3n) is 6.64. The minimum atomic E-state index is -4.24. The summed E-state index contributed by atoms with van der Waals surface area (Å²) in [6.07, 6.45) is 0. The Morgan fingerprint density at radius 2 is 1.65 bits per heavy atom. The Morgan fingerprint density at radius 1 is 0.950 bits per heavy atom. The van der Waals surface area contributed by atoms with Crippen LogP contribution < -0.4 is 14.2 Å². The van der Waals surface area contributed by atoms with E-state index in [9.17, 15) is 23.3 Å². The summed E-state index contributed by atoms with van der Waals surface area (Å²) >= 11 is 5.92. The fourth-order valence-electron chi connectivity index (χ4n) is 4.60. The molecule has 11 nitrogen and oxygen atoms in total. The third kappa shape index (κ3) is 5.83. The number of methoxy groups -OCH3 is 3. The molecule has 1 saturated heterocycles. The predicted octanol–water partition coefficient (Wildman–Crippen LogP) is 4.06. The van der Waals surface area contributed by atoms with Crippen molar-refractivity contribution >= 4 is 33.0 Å². The van der Waals surface area contributed by atoms with Crippen LogP contribution in [0.15, 0.2) is 64.4 Å². The summed E-state index contributed by atoms with van der Waals surface area (Å²) in [6, 6.07) is 12.6. The van der Waals surface area contributed by atoms with Gasteiger partial charge in [-0.3, -0.25) is 19.8 Å². The molecule has 0 aromatic heterocycles. The van der Waals surface area contributed by atoms with Crippen molar-refractivity contribution in [1.82, 2.24) is 9.80 Å². The monoisotopic (exact) mass is 589 g/mol. The number of halogens is 1. The molecule has 40 heavy (non-hydrogen) atoms. The molecule has 1 heterocycles. The molecule has 3 aromatic rings. The van der Waals surface area contributed by atoms with E-state index in [1.54, 1.807) is 25.2 Å². The zero-order valence-corrected chi connectivity index (χ0v) is 23.7. The summed E-state index contributed by atoms with van der Waals surface area (Å²) in [5.41, 5.74) is 0.254. The summed E-state index contributed by atoms with van der Waals surface area (Å²) in [4.78, 5) is 27.3. The first kappa shape index (κ1) is 29.1. The normalized spacial score (nSPS) is 14.1. The first-order chi connectivity index (χ1) is 19.1. The summed E-state index contributed by atoms with van der Waals surface area (Å²) in [7, 11) is 0.405. The predicted molar refractivity (Wildman–Crippen MR) is 147 cm³/mol. The zero-order chi connectivity index (χ0) is 29.0. The van der Waals surface area contributed by atoms with Gasteiger partial charge in [0.2, 0.25) is 15.6 Å². The van der Waals surface area contributed by atoms with Crippen molar-refractivity contribution in [2.24, 2.45) is 0 Å². The topological polar surface area (TPSA) is 129 Å². The molecule has 0 N–H and O–H groups in total. The van der Waals surface area contributed by atoms with Crippen molar-refractivity contribution in [3.05, 3.63) is 80.9 Å². The van der Waals surface area contributed by atoms with Crippen molar-refractivity contribution < 1.29 is 32.3 Å². The number of carbonyl (C=O) groups is 1. The van der Waals surface area contributed by atoms with Gasteiger partial charge < -0.3 is 19.1 Å². The number of amides is 1. The summed E-state index contributed by atoms with van der Waals surface area (Å²) < 4.78 is 42.6. The molecule has 1 amide bonds. The smallest absolute Gasteiger partial charge is 0.289 e. The molecule has 1 aliphatic rings. The van der Waals surface area contributed by atoms with Crippen LogP contribution in [0.2, 0.25) is 5.02 Å². The van der Waals surface area contributed by atoms with Crippen LogP contribution >= 0.6 is 11.6 Å². The molecule has 0 aliphatic carbocycles. The molecule has 0 unspecified atom stereocenters. The highest BCUT2D eigenvalue weighted by molar-refractivity contribution is 7.91. The molecule has 0 saturated carbocycles. The number of carbonyl (C=O) groups excluding carboxylic acids is 1. The average Bonchev–Trinajstić information content (AvgIpc) is 2.96. The molecule has 0 bridgehead atoms. The fourth-order valence-corrected chi connectivity index (χ4v) is 6.31. The lowest BCUT2D eigenvalue weighted by molar-refractivity contribution is -0.387. The Balaban J connectivity index is 1.50. The molecule has 13 heteroatoms. The first-order valence-electron chi connectivity index (χ1n) is 12.2. The van der Waals surface area contributed by atoms with Gasteiger partial charge in [-0.1, -0.05) is 23.7 Å². The van der Waals surface area contributed by atoms with E-state index >= 15 is 0 Å². The van der Waals surface area contributed by atoms with E-state index in [0.717, 1.165) is 17.7 Å². The molecule has 1 fully saturated rings. The molecule has 3 aromatic carbocycles. The Kier molecular flexibility index (Phi) is 8.82. The van der Waals surface area contributed by atoms with Crippen LogP contribution in [0, 0.1) is 10.1 Å². The molecular formula is C27H28ClN3O8S. The van der Waals surface area contributed by atoms with Gasteiger partial charge in [0.05, 0.1) is 31.1 Å². The Bertz CT molecular complexity index is 1540. The number of nitro groups is 1. The number of nitro benzene ring substituents is 1. The summed E-state index contributed by atoms with van der Waals surface area (Å²) in [6.45, 7) is 2.40. The number of piperazine rings is 1. The number of rotatable bonds is 9. The lowest BCUT2D eigenvalue weighted by Gasteiger charge is -2.35. The van der Waals surface area contributed by atoms with Crippen LogP contribution in [0.25, 0.3) is 0 Å². The molecule has 0 atom stereocenters.